The lowest BCUT2D eigenvalue weighted by molar-refractivity contribution is 0.0604. The van der Waals surface area contributed by atoms with Gasteiger partial charge < -0.3 is 10.5 Å². The third-order valence-corrected chi connectivity index (χ3v) is 2.41. The number of rotatable bonds is 2. The summed E-state index contributed by atoms with van der Waals surface area (Å²) >= 11 is 0. The molecule has 1 fully saturated rings. The molecule has 0 aromatic carbocycles. The molecule has 0 aromatic heterocycles. The Morgan fingerprint density at radius 1 is 1.62 bits per heavy atom. The van der Waals surface area contributed by atoms with E-state index in [1.165, 1.54) is 0 Å². The van der Waals surface area contributed by atoms with E-state index in [0.29, 0.717) is 5.92 Å². The number of aliphatic imine (C=N–C) groups is 1. The molecule has 5 heteroatoms. The molecule has 0 spiro atoms. The van der Waals surface area contributed by atoms with E-state index in [0.717, 1.165) is 26.1 Å². The van der Waals surface area contributed by atoms with Crippen molar-refractivity contribution in [3.05, 3.63) is 0 Å². The second-order valence-corrected chi connectivity index (χ2v) is 3.32. The maximum absolute atomic E-state index is 8.45. The Bertz CT molecular complexity index is 178. The zero-order valence-electron chi connectivity index (χ0n) is 7.86. The summed E-state index contributed by atoms with van der Waals surface area (Å²) in [6.45, 7) is 3.61. The summed E-state index contributed by atoms with van der Waals surface area (Å²) in [5.74, 6) is 0.597. The fraction of sp³-hybridized carbons (Fsp3) is 0.875. The van der Waals surface area contributed by atoms with Crippen molar-refractivity contribution in [1.29, 1.82) is 0 Å². The molecule has 0 aliphatic carbocycles. The molecule has 1 heterocycles. The summed E-state index contributed by atoms with van der Waals surface area (Å²) in [5.41, 5.74) is 7.17. The lowest BCUT2D eigenvalue weighted by Gasteiger charge is -2.25. The summed E-state index contributed by atoms with van der Waals surface area (Å²) in [6.07, 6.45) is 2.03. The average molecular weight is 187 g/mol. The van der Waals surface area contributed by atoms with Crippen molar-refractivity contribution in [2.45, 2.75) is 25.8 Å². The van der Waals surface area contributed by atoms with E-state index in [-0.39, 0.29) is 12.0 Å². The largest absolute Gasteiger partial charge is 0.381 e. The lowest BCUT2D eigenvalue weighted by atomic mass is 9.93. The van der Waals surface area contributed by atoms with Gasteiger partial charge in [-0.25, -0.2) is 10.5 Å². The molecule has 1 unspecified atom stereocenters. The van der Waals surface area contributed by atoms with Crippen molar-refractivity contribution >= 4 is 5.96 Å². The van der Waals surface area contributed by atoms with Crippen molar-refractivity contribution in [2.24, 2.45) is 16.6 Å². The molecule has 13 heavy (non-hydrogen) atoms. The van der Waals surface area contributed by atoms with Crippen LogP contribution in [0.4, 0.5) is 0 Å². The van der Waals surface area contributed by atoms with Crippen LogP contribution >= 0.6 is 0 Å². The third kappa shape index (κ3) is 3.20. The van der Waals surface area contributed by atoms with Crippen LogP contribution in [0.25, 0.3) is 0 Å². The number of nitrogens with zero attached hydrogens (tertiary/aromatic N) is 1. The molecule has 0 saturated carbocycles. The Labute approximate surface area is 77.9 Å². The van der Waals surface area contributed by atoms with E-state index in [2.05, 4.69) is 4.99 Å². The van der Waals surface area contributed by atoms with Gasteiger partial charge in [-0.2, -0.15) is 0 Å². The quantitative estimate of drug-likeness (QED) is 0.325. The minimum Gasteiger partial charge on any atom is -0.381 e. The standard InChI is InChI=1S/C8H17N3O2/c1-6(10-8(9)11-12)7-2-4-13-5-3-7/h6-7,12H,2-5H2,1H3,(H3,9,10,11). The third-order valence-electron chi connectivity index (χ3n) is 2.41. The van der Waals surface area contributed by atoms with E-state index >= 15 is 0 Å². The first-order valence-electron chi connectivity index (χ1n) is 4.55. The van der Waals surface area contributed by atoms with Gasteiger partial charge in [0, 0.05) is 13.2 Å². The number of hydrogen-bond donors (Lipinski definition) is 3. The van der Waals surface area contributed by atoms with Gasteiger partial charge in [0.25, 0.3) is 0 Å². The highest BCUT2D eigenvalue weighted by Gasteiger charge is 2.19. The first kappa shape index (κ1) is 10.3. The molecule has 1 aliphatic heterocycles. The van der Waals surface area contributed by atoms with Crippen LogP contribution in [0.5, 0.6) is 0 Å². The van der Waals surface area contributed by atoms with Crippen LogP contribution in [0.3, 0.4) is 0 Å². The average Bonchev–Trinajstić information content (AvgIpc) is 2.19. The molecule has 0 radical (unpaired) electrons. The highest BCUT2D eigenvalue weighted by molar-refractivity contribution is 5.76. The highest BCUT2D eigenvalue weighted by atomic mass is 16.5. The van der Waals surface area contributed by atoms with Crippen molar-refractivity contribution in [3.8, 4) is 0 Å². The zero-order valence-corrected chi connectivity index (χ0v) is 7.86. The van der Waals surface area contributed by atoms with Gasteiger partial charge in [0.1, 0.15) is 0 Å². The Morgan fingerprint density at radius 3 is 2.77 bits per heavy atom. The fourth-order valence-corrected chi connectivity index (χ4v) is 1.55. The summed E-state index contributed by atoms with van der Waals surface area (Å²) in [6, 6.07) is 0.142. The number of hydrogen-bond acceptors (Lipinski definition) is 3. The van der Waals surface area contributed by atoms with Crippen LogP contribution in [-0.2, 0) is 4.74 Å². The minimum atomic E-state index is 0.0824. The molecule has 0 amide bonds. The van der Waals surface area contributed by atoms with Gasteiger partial charge in [-0.15, -0.1) is 0 Å². The molecule has 1 saturated heterocycles. The van der Waals surface area contributed by atoms with Crippen LogP contribution in [-0.4, -0.2) is 30.4 Å². The van der Waals surface area contributed by atoms with Gasteiger partial charge in [0.2, 0.25) is 5.96 Å². The minimum absolute atomic E-state index is 0.0824. The van der Waals surface area contributed by atoms with Gasteiger partial charge >= 0.3 is 0 Å². The number of nitrogens with two attached hydrogens (primary N) is 1. The molecule has 4 N–H and O–H groups in total. The Kier molecular flexibility index (Phi) is 3.98. The first-order chi connectivity index (χ1) is 6.24. The van der Waals surface area contributed by atoms with Gasteiger partial charge in [-0.05, 0) is 25.7 Å². The maximum Gasteiger partial charge on any atom is 0.213 e. The maximum atomic E-state index is 8.45. The van der Waals surface area contributed by atoms with Gasteiger partial charge in [-0.3, -0.25) is 5.21 Å². The number of guanidine groups is 1. The van der Waals surface area contributed by atoms with Crippen LogP contribution < -0.4 is 11.2 Å². The van der Waals surface area contributed by atoms with Crippen LogP contribution in [0, 0.1) is 5.92 Å². The molecule has 1 atom stereocenters. The molecule has 0 aromatic rings. The zero-order chi connectivity index (χ0) is 9.68. The predicted octanol–water partition coefficient (Wildman–Crippen LogP) is 0.0950. The van der Waals surface area contributed by atoms with Crippen molar-refractivity contribution < 1.29 is 9.94 Å². The normalized spacial score (nSPS) is 22.8. The van der Waals surface area contributed by atoms with Crippen LogP contribution in [0.2, 0.25) is 0 Å². The van der Waals surface area contributed by atoms with Gasteiger partial charge in [0.05, 0.1) is 6.04 Å². The van der Waals surface area contributed by atoms with Crippen LogP contribution in [0.1, 0.15) is 19.8 Å². The van der Waals surface area contributed by atoms with E-state index in [1.54, 1.807) is 0 Å². The lowest BCUT2D eigenvalue weighted by Crippen LogP contribution is -2.32. The fourth-order valence-electron chi connectivity index (χ4n) is 1.55. The summed E-state index contributed by atoms with van der Waals surface area (Å²) in [7, 11) is 0. The number of hydroxylamine groups is 1. The molecule has 5 nitrogen and oxygen atoms in total. The van der Waals surface area contributed by atoms with Gasteiger partial charge in [0.15, 0.2) is 0 Å². The van der Waals surface area contributed by atoms with E-state index in [1.807, 2.05) is 12.4 Å². The predicted molar refractivity (Wildman–Crippen MR) is 49.5 cm³/mol. The Morgan fingerprint density at radius 2 is 2.23 bits per heavy atom. The second kappa shape index (κ2) is 5.04. The molecular formula is C8H17N3O2. The molecule has 1 aliphatic rings. The summed E-state index contributed by atoms with van der Waals surface area (Å²) in [5, 5.41) is 8.45. The van der Waals surface area contributed by atoms with E-state index < -0.39 is 0 Å². The van der Waals surface area contributed by atoms with Crippen molar-refractivity contribution in [1.82, 2.24) is 5.48 Å². The molecule has 0 bridgehead atoms. The summed E-state index contributed by atoms with van der Waals surface area (Å²) in [4.78, 5) is 4.10. The molecule has 1 rings (SSSR count). The monoisotopic (exact) mass is 187 g/mol. The Balaban J connectivity index is 2.41. The van der Waals surface area contributed by atoms with E-state index in [4.69, 9.17) is 15.7 Å². The number of ether oxygens (including phenoxy) is 1. The SMILES string of the molecule is CC(N=C(N)NO)C1CCOCC1. The van der Waals surface area contributed by atoms with Crippen LogP contribution in [0.15, 0.2) is 4.99 Å². The Hall–Kier alpha value is -0.810. The van der Waals surface area contributed by atoms with Crippen molar-refractivity contribution in [2.75, 3.05) is 13.2 Å². The topological polar surface area (TPSA) is 79.9 Å². The second-order valence-electron chi connectivity index (χ2n) is 3.32. The smallest absolute Gasteiger partial charge is 0.213 e. The highest BCUT2D eigenvalue weighted by Crippen LogP contribution is 2.20. The molecular weight excluding hydrogens is 170 g/mol. The first-order valence-corrected chi connectivity index (χ1v) is 4.55. The van der Waals surface area contributed by atoms with E-state index in [9.17, 15) is 0 Å². The van der Waals surface area contributed by atoms with Crippen molar-refractivity contribution in [3.63, 3.8) is 0 Å². The summed E-state index contributed by atoms with van der Waals surface area (Å²) < 4.78 is 5.24. The van der Waals surface area contributed by atoms with Gasteiger partial charge in [-0.1, -0.05) is 0 Å². The molecule has 76 valence electrons. The number of nitrogens with one attached hydrogen (secondary N) is 1.